The molecule has 1 heterocycles. The summed E-state index contributed by atoms with van der Waals surface area (Å²) < 4.78 is 0. The first kappa shape index (κ1) is 19.4. The lowest BCUT2D eigenvalue weighted by Crippen LogP contribution is -2.54. The number of amides is 1. The summed E-state index contributed by atoms with van der Waals surface area (Å²) in [6, 6.07) is 16.5. The Hall–Kier alpha value is -2.33. The van der Waals surface area contributed by atoms with Crippen LogP contribution in [0.3, 0.4) is 0 Å². The highest BCUT2D eigenvalue weighted by Gasteiger charge is 2.27. The van der Waals surface area contributed by atoms with E-state index in [1.807, 2.05) is 32.0 Å². The van der Waals surface area contributed by atoms with E-state index in [-0.39, 0.29) is 18.0 Å². The molecule has 0 radical (unpaired) electrons. The molecule has 1 aliphatic rings. The van der Waals surface area contributed by atoms with Crippen molar-refractivity contribution >= 4 is 11.6 Å². The first-order valence-corrected chi connectivity index (χ1v) is 9.88. The molecule has 1 N–H and O–H groups in total. The van der Waals surface area contributed by atoms with Crippen LogP contribution in [0.4, 0.5) is 5.69 Å². The third kappa shape index (κ3) is 4.51. The maximum absolute atomic E-state index is 12.7. The summed E-state index contributed by atoms with van der Waals surface area (Å²) in [5, 5.41) is 3.16. The van der Waals surface area contributed by atoms with Crippen LogP contribution in [0.1, 0.15) is 36.6 Å². The van der Waals surface area contributed by atoms with Crippen LogP contribution in [-0.4, -0.2) is 43.0 Å². The summed E-state index contributed by atoms with van der Waals surface area (Å²) in [7, 11) is 0. The average molecular weight is 366 g/mol. The molecule has 3 rings (SSSR count). The predicted molar refractivity (Wildman–Crippen MR) is 112 cm³/mol. The molecule has 0 bridgehead atoms. The summed E-state index contributed by atoms with van der Waals surface area (Å²) in [5.74, 6) is 0.103. The van der Waals surface area contributed by atoms with E-state index < -0.39 is 0 Å². The van der Waals surface area contributed by atoms with Crippen molar-refractivity contribution in [1.29, 1.82) is 0 Å². The van der Waals surface area contributed by atoms with Gasteiger partial charge in [-0.05, 0) is 50.5 Å². The maximum atomic E-state index is 12.7. The Bertz CT molecular complexity index is 766. The molecule has 2 atom stereocenters. The van der Waals surface area contributed by atoms with Crippen LogP contribution in [0.2, 0.25) is 0 Å². The van der Waals surface area contributed by atoms with Gasteiger partial charge >= 0.3 is 0 Å². The number of nitrogens with one attached hydrogen (secondary N) is 1. The van der Waals surface area contributed by atoms with E-state index in [1.54, 1.807) is 0 Å². The second-order valence-electron chi connectivity index (χ2n) is 7.56. The van der Waals surface area contributed by atoms with E-state index in [9.17, 15) is 4.79 Å². The minimum Gasteiger partial charge on any atom is -0.369 e. The van der Waals surface area contributed by atoms with Gasteiger partial charge in [0, 0.05) is 31.9 Å². The molecular weight excluding hydrogens is 334 g/mol. The topological polar surface area (TPSA) is 35.6 Å². The monoisotopic (exact) mass is 365 g/mol. The molecule has 0 unspecified atom stereocenters. The van der Waals surface area contributed by atoms with Crippen molar-refractivity contribution in [3.8, 4) is 0 Å². The van der Waals surface area contributed by atoms with Gasteiger partial charge in [-0.2, -0.15) is 0 Å². The van der Waals surface area contributed by atoms with Gasteiger partial charge in [0.1, 0.15) is 0 Å². The molecule has 1 fully saturated rings. The number of benzene rings is 2. The number of carbonyl (C=O) groups is 1. The molecule has 1 saturated heterocycles. The van der Waals surface area contributed by atoms with Gasteiger partial charge < -0.3 is 10.2 Å². The van der Waals surface area contributed by atoms with Crippen LogP contribution in [-0.2, 0) is 4.79 Å². The summed E-state index contributed by atoms with van der Waals surface area (Å²) in [6.07, 6.45) is 0. The van der Waals surface area contributed by atoms with Crippen LogP contribution in [0.25, 0.3) is 0 Å². The molecule has 0 aromatic heterocycles. The van der Waals surface area contributed by atoms with Crippen molar-refractivity contribution in [1.82, 2.24) is 10.2 Å². The van der Waals surface area contributed by atoms with Crippen molar-refractivity contribution in [2.75, 3.05) is 31.1 Å². The molecule has 2 aromatic carbocycles. The van der Waals surface area contributed by atoms with Crippen molar-refractivity contribution in [3.63, 3.8) is 0 Å². The fourth-order valence-electron chi connectivity index (χ4n) is 3.75. The number of hydrogen-bond donors (Lipinski definition) is 1. The second kappa shape index (κ2) is 8.57. The van der Waals surface area contributed by atoms with E-state index >= 15 is 0 Å². The molecule has 4 nitrogen and oxygen atoms in total. The minimum absolute atomic E-state index is 0.0254. The fraction of sp³-hybridized carbons (Fsp3) is 0.435. The quantitative estimate of drug-likeness (QED) is 0.878. The third-order valence-electron chi connectivity index (χ3n) is 5.82. The first-order chi connectivity index (χ1) is 13.0. The lowest BCUT2D eigenvalue weighted by Gasteiger charge is -2.39. The van der Waals surface area contributed by atoms with Gasteiger partial charge in [-0.1, -0.05) is 42.5 Å². The Morgan fingerprint density at radius 1 is 0.926 bits per heavy atom. The van der Waals surface area contributed by atoms with Crippen LogP contribution in [0.15, 0.2) is 48.5 Å². The largest absolute Gasteiger partial charge is 0.369 e. The Kier molecular flexibility index (Phi) is 6.17. The molecule has 144 valence electrons. The summed E-state index contributed by atoms with van der Waals surface area (Å²) in [4.78, 5) is 17.4. The van der Waals surface area contributed by atoms with Gasteiger partial charge in [0.2, 0.25) is 5.91 Å². The Labute approximate surface area is 163 Å². The number of piperazine rings is 1. The first-order valence-electron chi connectivity index (χ1n) is 9.88. The lowest BCUT2D eigenvalue weighted by molar-refractivity contribution is -0.126. The van der Waals surface area contributed by atoms with Gasteiger partial charge in [0.15, 0.2) is 0 Å². The molecular formula is C23H31N3O. The molecule has 4 heteroatoms. The van der Waals surface area contributed by atoms with Crippen molar-refractivity contribution in [2.24, 2.45) is 0 Å². The highest BCUT2D eigenvalue weighted by atomic mass is 16.2. The average Bonchev–Trinajstić information content (AvgIpc) is 2.70. The molecule has 2 aromatic rings. The van der Waals surface area contributed by atoms with Crippen molar-refractivity contribution in [2.45, 2.75) is 39.8 Å². The van der Waals surface area contributed by atoms with E-state index in [4.69, 9.17) is 0 Å². The van der Waals surface area contributed by atoms with Gasteiger partial charge in [-0.25, -0.2) is 0 Å². The molecule has 0 saturated carbocycles. The molecule has 1 aliphatic heterocycles. The second-order valence-corrected chi connectivity index (χ2v) is 7.56. The highest BCUT2D eigenvalue weighted by Crippen LogP contribution is 2.24. The van der Waals surface area contributed by atoms with Crippen molar-refractivity contribution in [3.05, 3.63) is 65.2 Å². The van der Waals surface area contributed by atoms with E-state index in [2.05, 4.69) is 59.3 Å². The summed E-state index contributed by atoms with van der Waals surface area (Å²) in [5.41, 5.74) is 5.15. The lowest BCUT2D eigenvalue weighted by atomic mass is 10.1. The zero-order valence-electron chi connectivity index (χ0n) is 16.9. The number of carbonyl (C=O) groups excluding carboxylic acids is 1. The highest BCUT2D eigenvalue weighted by molar-refractivity contribution is 5.81. The standard InChI is InChI=1S/C23H31N3O/c1-17-9-8-12-22(18(17)2)26-15-13-25(14-16-26)20(4)23(27)24-19(3)21-10-6-5-7-11-21/h5-12,19-20H,13-16H2,1-4H3,(H,24,27)/t19-,20+/m1/s1. The van der Waals surface area contributed by atoms with Crippen LogP contribution in [0.5, 0.6) is 0 Å². The number of nitrogens with zero attached hydrogens (tertiary/aromatic N) is 2. The number of aryl methyl sites for hydroxylation is 1. The van der Waals surface area contributed by atoms with Crippen LogP contribution in [0, 0.1) is 13.8 Å². The maximum Gasteiger partial charge on any atom is 0.237 e. The van der Waals surface area contributed by atoms with Gasteiger partial charge in [-0.3, -0.25) is 9.69 Å². The van der Waals surface area contributed by atoms with Gasteiger partial charge in [0.25, 0.3) is 0 Å². The zero-order chi connectivity index (χ0) is 19.4. The SMILES string of the molecule is Cc1cccc(N2CCN([C@@H](C)C(=O)N[C@H](C)c3ccccc3)CC2)c1C. The van der Waals surface area contributed by atoms with Crippen LogP contribution >= 0.6 is 0 Å². The van der Waals surface area contributed by atoms with Crippen LogP contribution < -0.4 is 10.2 Å². The Balaban J connectivity index is 1.55. The molecule has 0 spiro atoms. The van der Waals surface area contributed by atoms with E-state index in [0.29, 0.717) is 0 Å². The van der Waals surface area contributed by atoms with E-state index in [1.165, 1.54) is 16.8 Å². The predicted octanol–water partition coefficient (Wildman–Crippen LogP) is 3.69. The molecule has 27 heavy (non-hydrogen) atoms. The minimum atomic E-state index is -0.114. The molecule has 0 aliphatic carbocycles. The Morgan fingerprint density at radius 2 is 1.59 bits per heavy atom. The third-order valence-corrected chi connectivity index (χ3v) is 5.82. The number of anilines is 1. The van der Waals surface area contributed by atoms with Gasteiger partial charge in [0.05, 0.1) is 12.1 Å². The van der Waals surface area contributed by atoms with E-state index in [0.717, 1.165) is 31.7 Å². The number of rotatable bonds is 5. The van der Waals surface area contributed by atoms with Crippen molar-refractivity contribution < 1.29 is 4.79 Å². The Morgan fingerprint density at radius 3 is 2.26 bits per heavy atom. The summed E-state index contributed by atoms with van der Waals surface area (Å²) in [6.45, 7) is 12.1. The van der Waals surface area contributed by atoms with Gasteiger partial charge in [-0.15, -0.1) is 0 Å². The fourth-order valence-corrected chi connectivity index (χ4v) is 3.75. The zero-order valence-corrected chi connectivity index (χ0v) is 16.9. The summed E-state index contributed by atoms with van der Waals surface area (Å²) >= 11 is 0. The molecule has 1 amide bonds. The normalized spacial score (nSPS) is 17.4. The number of hydrogen-bond acceptors (Lipinski definition) is 3. The smallest absolute Gasteiger partial charge is 0.237 e.